The predicted molar refractivity (Wildman–Crippen MR) is 89.6 cm³/mol. The zero-order valence-corrected chi connectivity index (χ0v) is 14.7. The molecule has 5 nitrogen and oxygen atoms in total. The number of nitrogens with two attached hydrogens (primary N) is 1. The Bertz CT molecular complexity index is 571. The lowest BCUT2D eigenvalue weighted by Crippen LogP contribution is -2.40. The number of aryl methyl sites for hydroxylation is 1. The van der Waals surface area contributed by atoms with Gasteiger partial charge in [-0.1, -0.05) is 19.8 Å². The predicted octanol–water partition coefficient (Wildman–Crippen LogP) is 2.58. The minimum atomic E-state index is -3.56. The summed E-state index contributed by atoms with van der Waals surface area (Å²) in [6, 6.07) is 4.68. The Kier molecular flexibility index (Phi) is 7.32. The Morgan fingerprint density at radius 3 is 2.50 bits per heavy atom. The van der Waals surface area contributed by atoms with Crippen LogP contribution in [0.4, 0.5) is 0 Å². The summed E-state index contributed by atoms with van der Waals surface area (Å²) in [5.74, 6) is 0.704. The molecule has 0 saturated carbocycles. The second kappa shape index (κ2) is 8.50. The van der Waals surface area contributed by atoms with Gasteiger partial charge in [-0.3, -0.25) is 0 Å². The fourth-order valence-electron chi connectivity index (χ4n) is 2.14. The van der Waals surface area contributed by atoms with Gasteiger partial charge in [0.05, 0.1) is 11.0 Å². The number of benzene rings is 1. The first kappa shape index (κ1) is 18.9. The quantitative estimate of drug-likeness (QED) is 0.730. The number of sulfonamides is 1. The lowest BCUT2D eigenvalue weighted by Gasteiger charge is -2.18. The summed E-state index contributed by atoms with van der Waals surface area (Å²) in [5.41, 5.74) is 6.46. The highest BCUT2D eigenvalue weighted by molar-refractivity contribution is 7.89. The van der Waals surface area contributed by atoms with E-state index in [9.17, 15) is 8.42 Å². The summed E-state index contributed by atoms with van der Waals surface area (Å²) in [5, 5.41) is 0. The molecule has 3 N–H and O–H groups in total. The van der Waals surface area contributed by atoms with Crippen LogP contribution in [0.1, 0.15) is 45.6 Å². The van der Waals surface area contributed by atoms with Gasteiger partial charge >= 0.3 is 0 Å². The molecule has 0 bridgehead atoms. The fourth-order valence-corrected chi connectivity index (χ4v) is 3.51. The lowest BCUT2D eigenvalue weighted by molar-refractivity contribution is 0.240. The maximum absolute atomic E-state index is 12.4. The van der Waals surface area contributed by atoms with Gasteiger partial charge in [-0.05, 0) is 51.0 Å². The SMILES string of the molecule is CCCCC(CN)NS(=O)(=O)c1ccc(OC(C)C)c(C)c1. The Morgan fingerprint density at radius 2 is 2.00 bits per heavy atom. The van der Waals surface area contributed by atoms with Gasteiger partial charge in [0.1, 0.15) is 5.75 Å². The molecule has 0 spiro atoms. The van der Waals surface area contributed by atoms with E-state index in [1.54, 1.807) is 18.2 Å². The Labute approximate surface area is 134 Å². The van der Waals surface area contributed by atoms with Gasteiger partial charge in [-0.2, -0.15) is 0 Å². The summed E-state index contributed by atoms with van der Waals surface area (Å²) in [7, 11) is -3.56. The van der Waals surface area contributed by atoms with Crippen LogP contribution in [0.3, 0.4) is 0 Å². The number of nitrogens with one attached hydrogen (secondary N) is 1. The molecule has 1 rings (SSSR count). The van der Waals surface area contributed by atoms with Crippen molar-refractivity contribution in [2.24, 2.45) is 5.73 Å². The zero-order chi connectivity index (χ0) is 16.8. The molecule has 0 heterocycles. The standard InChI is InChI=1S/C16H28N2O3S/c1-5-6-7-14(11-17)18-22(19,20)15-8-9-16(13(4)10-15)21-12(2)3/h8-10,12,14,18H,5-7,11,17H2,1-4H3. The van der Waals surface area contributed by atoms with E-state index in [0.29, 0.717) is 12.3 Å². The van der Waals surface area contributed by atoms with Gasteiger partial charge in [0.15, 0.2) is 0 Å². The molecule has 22 heavy (non-hydrogen) atoms. The van der Waals surface area contributed by atoms with Gasteiger partial charge in [0.2, 0.25) is 10.0 Å². The first-order chi connectivity index (χ1) is 10.3. The van der Waals surface area contributed by atoms with Crippen molar-refractivity contribution in [1.29, 1.82) is 0 Å². The fraction of sp³-hybridized carbons (Fsp3) is 0.625. The van der Waals surface area contributed by atoms with Crippen LogP contribution < -0.4 is 15.2 Å². The molecule has 1 unspecified atom stereocenters. The molecule has 6 heteroatoms. The normalized spacial score (nSPS) is 13.4. The molecular weight excluding hydrogens is 300 g/mol. The first-order valence-corrected chi connectivity index (χ1v) is 9.28. The minimum Gasteiger partial charge on any atom is -0.491 e. The van der Waals surface area contributed by atoms with E-state index in [1.807, 2.05) is 20.8 Å². The van der Waals surface area contributed by atoms with Gasteiger partial charge in [0, 0.05) is 12.6 Å². The summed E-state index contributed by atoms with van der Waals surface area (Å²) in [6.45, 7) is 8.08. The van der Waals surface area contributed by atoms with Gasteiger partial charge in [-0.15, -0.1) is 0 Å². The Hall–Kier alpha value is -1.11. The number of hydrogen-bond acceptors (Lipinski definition) is 4. The molecule has 0 radical (unpaired) electrons. The number of rotatable bonds is 9. The highest BCUT2D eigenvalue weighted by Gasteiger charge is 2.20. The number of hydrogen-bond donors (Lipinski definition) is 2. The number of ether oxygens (including phenoxy) is 1. The molecular formula is C16H28N2O3S. The topological polar surface area (TPSA) is 81.4 Å². The third kappa shape index (κ3) is 5.59. The second-order valence-corrected chi connectivity index (χ2v) is 7.50. The molecule has 126 valence electrons. The first-order valence-electron chi connectivity index (χ1n) is 7.79. The smallest absolute Gasteiger partial charge is 0.240 e. The third-order valence-electron chi connectivity index (χ3n) is 3.33. The monoisotopic (exact) mass is 328 g/mol. The molecule has 0 aliphatic carbocycles. The van der Waals surface area contributed by atoms with Crippen molar-refractivity contribution < 1.29 is 13.2 Å². The molecule has 0 amide bonds. The average Bonchev–Trinajstić information content (AvgIpc) is 2.44. The minimum absolute atomic E-state index is 0.0509. The van der Waals surface area contributed by atoms with Crippen molar-refractivity contribution >= 4 is 10.0 Å². The maximum Gasteiger partial charge on any atom is 0.240 e. The van der Waals surface area contributed by atoms with Crippen molar-refractivity contribution in [3.05, 3.63) is 23.8 Å². The van der Waals surface area contributed by atoms with E-state index in [2.05, 4.69) is 11.6 Å². The van der Waals surface area contributed by atoms with Gasteiger partial charge in [0.25, 0.3) is 0 Å². The van der Waals surface area contributed by atoms with Crippen LogP contribution in [-0.4, -0.2) is 27.1 Å². The highest BCUT2D eigenvalue weighted by atomic mass is 32.2. The van der Waals surface area contributed by atoms with Crippen molar-refractivity contribution in [3.63, 3.8) is 0 Å². The van der Waals surface area contributed by atoms with E-state index in [0.717, 1.165) is 24.8 Å². The molecule has 1 atom stereocenters. The summed E-state index contributed by atoms with van der Waals surface area (Å²) in [6.07, 6.45) is 2.76. The summed E-state index contributed by atoms with van der Waals surface area (Å²) < 4.78 is 33.2. The van der Waals surface area contributed by atoms with Crippen molar-refractivity contribution in [1.82, 2.24) is 4.72 Å². The largest absolute Gasteiger partial charge is 0.491 e. The molecule has 0 fully saturated rings. The van der Waals surface area contributed by atoms with E-state index in [4.69, 9.17) is 10.5 Å². The van der Waals surface area contributed by atoms with Crippen LogP contribution in [0.15, 0.2) is 23.1 Å². The van der Waals surface area contributed by atoms with E-state index < -0.39 is 10.0 Å². The lowest BCUT2D eigenvalue weighted by atomic mass is 10.1. The van der Waals surface area contributed by atoms with Crippen molar-refractivity contribution in [2.45, 2.75) is 64.0 Å². The molecule has 1 aromatic carbocycles. The van der Waals surface area contributed by atoms with Gasteiger partial charge in [-0.25, -0.2) is 13.1 Å². The van der Waals surface area contributed by atoms with Crippen LogP contribution in [0.25, 0.3) is 0 Å². The van der Waals surface area contributed by atoms with Crippen LogP contribution in [0, 0.1) is 6.92 Å². The molecule has 0 aromatic heterocycles. The van der Waals surface area contributed by atoms with E-state index >= 15 is 0 Å². The van der Waals surface area contributed by atoms with Gasteiger partial charge < -0.3 is 10.5 Å². The highest BCUT2D eigenvalue weighted by Crippen LogP contribution is 2.23. The maximum atomic E-state index is 12.4. The van der Waals surface area contributed by atoms with Crippen LogP contribution >= 0.6 is 0 Å². The molecule has 0 aliphatic rings. The summed E-state index contributed by atoms with van der Waals surface area (Å²) in [4.78, 5) is 0.246. The Morgan fingerprint density at radius 1 is 1.32 bits per heavy atom. The van der Waals surface area contributed by atoms with Crippen LogP contribution in [0.5, 0.6) is 5.75 Å². The zero-order valence-electron chi connectivity index (χ0n) is 13.9. The number of unbranched alkanes of at least 4 members (excludes halogenated alkanes) is 1. The summed E-state index contributed by atoms with van der Waals surface area (Å²) >= 11 is 0. The molecule has 1 aromatic rings. The van der Waals surface area contributed by atoms with Crippen LogP contribution in [-0.2, 0) is 10.0 Å². The molecule has 0 aliphatic heterocycles. The van der Waals surface area contributed by atoms with E-state index in [-0.39, 0.29) is 17.0 Å². The second-order valence-electron chi connectivity index (χ2n) is 5.79. The molecule has 0 saturated heterocycles. The van der Waals surface area contributed by atoms with Crippen molar-refractivity contribution in [2.75, 3.05) is 6.54 Å². The third-order valence-corrected chi connectivity index (χ3v) is 4.85. The average molecular weight is 328 g/mol. The van der Waals surface area contributed by atoms with E-state index in [1.165, 1.54) is 0 Å². The van der Waals surface area contributed by atoms with Crippen molar-refractivity contribution in [3.8, 4) is 5.75 Å². The Balaban J connectivity index is 2.90. The van der Waals surface area contributed by atoms with Crippen LogP contribution in [0.2, 0.25) is 0 Å².